The number of nitrogens with one attached hydrogen (secondary N) is 2. The minimum absolute atomic E-state index is 0.130. The molecular weight excluding hydrogens is 250 g/mol. The number of nitrogens with two attached hydrogens (primary N) is 1. The van der Waals surface area contributed by atoms with E-state index < -0.39 is 10.2 Å². The van der Waals surface area contributed by atoms with Crippen LogP contribution in [0.3, 0.4) is 0 Å². The van der Waals surface area contributed by atoms with Gasteiger partial charge in [0.15, 0.2) is 0 Å². The third-order valence-corrected chi connectivity index (χ3v) is 4.10. The zero-order valence-corrected chi connectivity index (χ0v) is 11.0. The summed E-state index contributed by atoms with van der Waals surface area (Å²) in [6, 6.07) is 9.66. The first-order valence-electron chi connectivity index (χ1n) is 6.14. The molecule has 0 aromatic heterocycles. The van der Waals surface area contributed by atoms with Crippen LogP contribution < -0.4 is 15.2 Å². The van der Waals surface area contributed by atoms with E-state index >= 15 is 0 Å². The molecule has 5 nitrogen and oxygen atoms in total. The zero-order chi connectivity index (χ0) is 13.0. The van der Waals surface area contributed by atoms with Gasteiger partial charge in [-0.2, -0.15) is 13.1 Å². The molecule has 0 radical (unpaired) electrons. The first kappa shape index (κ1) is 13.5. The Morgan fingerprint density at radius 1 is 1.28 bits per heavy atom. The summed E-state index contributed by atoms with van der Waals surface area (Å²) in [4.78, 5) is 0. The van der Waals surface area contributed by atoms with E-state index in [0.717, 1.165) is 18.4 Å². The van der Waals surface area contributed by atoms with Crippen molar-refractivity contribution in [1.82, 2.24) is 9.44 Å². The van der Waals surface area contributed by atoms with Gasteiger partial charge >= 0.3 is 0 Å². The highest BCUT2D eigenvalue weighted by atomic mass is 32.2. The third-order valence-electron chi connectivity index (χ3n) is 2.87. The Morgan fingerprint density at radius 2 is 1.94 bits per heavy atom. The molecule has 6 heteroatoms. The standard InChI is InChI=1S/C12H19N3O2S/c13-12(10-4-2-1-3-5-10)8-9-14-18(16,17)15-11-6-7-11/h1-5,11-12,14-15H,6-9,13H2. The van der Waals surface area contributed by atoms with Crippen molar-refractivity contribution in [3.05, 3.63) is 35.9 Å². The Bertz CT molecular complexity index is 471. The second kappa shape index (κ2) is 5.79. The van der Waals surface area contributed by atoms with Crippen molar-refractivity contribution in [3.63, 3.8) is 0 Å². The van der Waals surface area contributed by atoms with Crippen molar-refractivity contribution >= 4 is 10.2 Å². The Labute approximate surface area is 108 Å². The fourth-order valence-corrected chi connectivity index (χ4v) is 2.82. The fraction of sp³-hybridized carbons (Fsp3) is 0.500. The average Bonchev–Trinajstić information content (AvgIpc) is 3.13. The Morgan fingerprint density at radius 3 is 2.56 bits per heavy atom. The smallest absolute Gasteiger partial charge is 0.277 e. The van der Waals surface area contributed by atoms with Crippen LogP contribution in [0.5, 0.6) is 0 Å². The van der Waals surface area contributed by atoms with Crippen LogP contribution in [0.15, 0.2) is 30.3 Å². The minimum atomic E-state index is -3.35. The van der Waals surface area contributed by atoms with E-state index in [1.54, 1.807) is 0 Å². The molecule has 100 valence electrons. The highest BCUT2D eigenvalue weighted by Crippen LogP contribution is 2.19. The molecule has 18 heavy (non-hydrogen) atoms. The molecule has 0 spiro atoms. The lowest BCUT2D eigenvalue weighted by Crippen LogP contribution is -2.38. The minimum Gasteiger partial charge on any atom is -0.324 e. The van der Waals surface area contributed by atoms with E-state index in [9.17, 15) is 8.42 Å². The van der Waals surface area contributed by atoms with Crippen LogP contribution >= 0.6 is 0 Å². The number of rotatable bonds is 7. The monoisotopic (exact) mass is 269 g/mol. The Kier molecular flexibility index (Phi) is 4.34. The van der Waals surface area contributed by atoms with Gasteiger partial charge in [-0.05, 0) is 24.8 Å². The lowest BCUT2D eigenvalue weighted by Gasteiger charge is -2.13. The molecule has 1 atom stereocenters. The molecule has 1 fully saturated rings. The SMILES string of the molecule is NC(CCNS(=O)(=O)NC1CC1)c1ccccc1. The maximum Gasteiger partial charge on any atom is 0.277 e. The first-order chi connectivity index (χ1) is 8.57. The molecule has 0 saturated heterocycles. The van der Waals surface area contributed by atoms with Crippen molar-refractivity contribution in [2.24, 2.45) is 5.73 Å². The molecule has 1 aliphatic rings. The van der Waals surface area contributed by atoms with Crippen LogP contribution in [0.25, 0.3) is 0 Å². The van der Waals surface area contributed by atoms with E-state index in [1.165, 1.54) is 0 Å². The largest absolute Gasteiger partial charge is 0.324 e. The molecule has 1 aliphatic carbocycles. The van der Waals surface area contributed by atoms with Crippen LogP contribution in [0.1, 0.15) is 30.9 Å². The summed E-state index contributed by atoms with van der Waals surface area (Å²) >= 11 is 0. The molecule has 0 amide bonds. The van der Waals surface area contributed by atoms with E-state index in [4.69, 9.17) is 5.73 Å². The second-order valence-electron chi connectivity index (χ2n) is 4.60. The summed E-state index contributed by atoms with van der Waals surface area (Å²) in [6.45, 7) is 0.345. The van der Waals surface area contributed by atoms with E-state index in [0.29, 0.717) is 13.0 Å². The third kappa shape index (κ3) is 4.38. The van der Waals surface area contributed by atoms with Crippen LogP contribution in [0.4, 0.5) is 0 Å². The van der Waals surface area contributed by atoms with E-state index in [2.05, 4.69) is 9.44 Å². The van der Waals surface area contributed by atoms with Crippen LogP contribution in [0.2, 0.25) is 0 Å². The van der Waals surface area contributed by atoms with Gasteiger partial charge in [0.25, 0.3) is 10.2 Å². The van der Waals surface area contributed by atoms with Crippen LogP contribution in [0, 0.1) is 0 Å². The summed E-state index contributed by atoms with van der Waals surface area (Å²) < 4.78 is 28.1. The predicted molar refractivity (Wildman–Crippen MR) is 71.1 cm³/mol. The summed E-state index contributed by atoms with van der Waals surface area (Å²) in [6.07, 6.45) is 2.45. The Hall–Kier alpha value is -0.950. The fourth-order valence-electron chi connectivity index (χ4n) is 1.68. The van der Waals surface area contributed by atoms with Gasteiger partial charge in [-0.15, -0.1) is 0 Å². The quantitative estimate of drug-likeness (QED) is 0.680. The van der Waals surface area contributed by atoms with Crippen molar-refractivity contribution in [1.29, 1.82) is 0 Å². The molecule has 1 aromatic carbocycles. The van der Waals surface area contributed by atoms with Crippen LogP contribution in [-0.4, -0.2) is 21.0 Å². The van der Waals surface area contributed by atoms with Gasteiger partial charge in [0.05, 0.1) is 0 Å². The molecule has 0 bridgehead atoms. The highest BCUT2D eigenvalue weighted by molar-refractivity contribution is 7.87. The van der Waals surface area contributed by atoms with Gasteiger partial charge < -0.3 is 5.73 Å². The Balaban J connectivity index is 1.74. The maximum absolute atomic E-state index is 11.5. The molecule has 0 heterocycles. The van der Waals surface area contributed by atoms with E-state index in [-0.39, 0.29) is 12.1 Å². The summed E-state index contributed by atoms with van der Waals surface area (Å²) in [5, 5.41) is 0. The van der Waals surface area contributed by atoms with E-state index in [1.807, 2.05) is 30.3 Å². The topological polar surface area (TPSA) is 84.2 Å². The zero-order valence-electron chi connectivity index (χ0n) is 10.2. The normalized spacial score (nSPS) is 17.6. The predicted octanol–water partition coefficient (Wildman–Crippen LogP) is 0.663. The summed E-state index contributed by atoms with van der Waals surface area (Å²) in [7, 11) is -3.35. The molecule has 1 aromatic rings. The van der Waals surface area contributed by atoms with Crippen molar-refractivity contribution in [2.75, 3.05) is 6.54 Å². The van der Waals surface area contributed by atoms with Gasteiger partial charge in [-0.3, -0.25) is 0 Å². The van der Waals surface area contributed by atoms with Crippen molar-refractivity contribution < 1.29 is 8.42 Å². The molecule has 1 unspecified atom stereocenters. The number of hydrogen-bond donors (Lipinski definition) is 3. The van der Waals surface area contributed by atoms with Gasteiger partial charge in [0.2, 0.25) is 0 Å². The lowest BCUT2D eigenvalue weighted by molar-refractivity contribution is 0.555. The highest BCUT2D eigenvalue weighted by Gasteiger charge is 2.26. The van der Waals surface area contributed by atoms with Crippen LogP contribution in [-0.2, 0) is 10.2 Å². The summed E-state index contributed by atoms with van der Waals surface area (Å²) in [5.74, 6) is 0. The van der Waals surface area contributed by atoms with Crippen molar-refractivity contribution in [3.8, 4) is 0 Å². The van der Waals surface area contributed by atoms with Gasteiger partial charge in [0.1, 0.15) is 0 Å². The maximum atomic E-state index is 11.5. The molecular formula is C12H19N3O2S. The van der Waals surface area contributed by atoms with Gasteiger partial charge in [0, 0.05) is 18.6 Å². The number of hydrogen-bond acceptors (Lipinski definition) is 3. The summed E-state index contributed by atoms with van der Waals surface area (Å²) in [5.41, 5.74) is 7.00. The molecule has 0 aliphatic heterocycles. The average molecular weight is 269 g/mol. The molecule has 1 saturated carbocycles. The van der Waals surface area contributed by atoms with Gasteiger partial charge in [-0.25, -0.2) is 4.72 Å². The second-order valence-corrected chi connectivity index (χ2v) is 6.13. The number of benzene rings is 1. The van der Waals surface area contributed by atoms with Gasteiger partial charge in [-0.1, -0.05) is 30.3 Å². The van der Waals surface area contributed by atoms with Crippen molar-refractivity contribution in [2.45, 2.75) is 31.3 Å². The first-order valence-corrected chi connectivity index (χ1v) is 7.62. The molecule has 4 N–H and O–H groups in total. The molecule has 2 rings (SSSR count). The lowest BCUT2D eigenvalue weighted by atomic mass is 10.1.